The smallest absolute Gasteiger partial charge is 0.282 e. The van der Waals surface area contributed by atoms with E-state index < -0.39 is 10.2 Å². The largest absolute Gasteiger partial charge is 0.336 e. The molecule has 1 aromatic carbocycles. The molecule has 0 spiro atoms. The topological polar surface area (TPSA) is 60.9 Å². The van der Waals surface area contributed by atoms with Crippen molar-refractivity contribution in [3.05, 3.63) is 33.4 Å². The number of nitrogens with zero attached hydrogens (tertiary/aromatic N) is 3. The van der Waals surface area contributed by atoms with Gasteiger partial charge in [-0.3, -0.25) is 4.79 Å². The summed E-state index contributed by atoms with van der Waals surface area (Å²) in [7, 11) is -1.75. The zero-order valence-corrected chi connectivity index (χ0v) is 18.1. The highest BCUT2D eigenvalue weighted by Crippen LogP contribution is 2.25. The molecule has 0 aromatic heterocycles. The van der Waals surface area contributed by atoms with E-state index in [9.17, 15) is 13.2 Å². The van der Waals surface area contributed by atoms with Crippen LogP contribution in [0.4, 0.5) is 0 Å². The van der Waals surface area contributed by atoms with Crippen molar-refractivity contribution in [2.75, 3.05) is 33.2 Å². The van der Waals surface area contributed by atoms with Gasteiger partial charge in [0.05, 0.1) is 0 Å². The van der Waals surface area contributed by atoms with E-state index in [2.05, 4.69) is 22.6 Å². The van der Waals surface area contributed by atoms with E-state index in [1.807, 2.05) is 24.3 Å². The van der Waals surface area contributed by atoms with Crippen LogP contribution in [0.25, 0.3) is 0 Å². The van der Waals surface area contributed by atoms with E-state index in [0.717, 1.165) is 29.3 Å². The molecule has 1 saturated heterocycles. The number of halogens is 1. The van der Waals surface area contributed by atoms with E-state index >= 15 is 0 Å². The Bertz CT molecular complexity index is 725. The molecule has 0 bridgehead atoms. The monoisotopic (exact) mass is 491 g/mol. The first-order chi connectivity index (χ1) is 12.4. The van der Waals surface area contributed by atoms with Gasteiger partial charge in [0.1, 0.15) is 0 Å². The summed E-state index contributed by atoms with van der Waals surface area (Å²) in [5.41, 5.74) is 0.654. The lowest BCUT2D eigenvalue weighted by Gasteiger charge is -2.38. The normalized spacial score (nSPS) is 20.5. The Morgan fingerprint density at radius 2 is 1.62 bits per heavy atom. The van der Waals surface area contributed by atoms with Gasteiger partial charge in [-0.2, -0.15) is 17.0 Å². The van der Waals surface area contributed by atoms with Crippen LogP contribution in [-0.2, 0) is 10.2 Å². The fraction of sp³-hybridized carbons (Fsp3) is 0.611. The quantitative estimate of drug-likeness (QED) is 0.609. The minimum absolute atomic E-state index is 0.0286. The number of benzene rings is 1. The van der Waals surface area contributed by atoms with Gasteiger partial charge in [-0.15, -0.1) is 0 Å². The average molecular weight is 491 g/mol. The molecule has 1 amide bonds. The molecule has 1 saturated carbocycles. The first kappa shape index (κ1) is 20.0. The Labute approximate surface area is 169 Å². The van der Waals surface area contributed by atoms with Crippen molar-refractivity contribution < 1.29 is 13.2 Å². The van der Waals surface area contributed by atoms with Gasteiger partial charge in [0.15, 0.2) is 0 Å². The van der Waals surface area contributed by atoms with E-state index in [1.54, 1.807) is 16.3 Å². The summed E-state index contributed by atoms with van der Waals surface area (Å²) in [6.45, 7) is 1.58. The van der Waals surface area contributed by atoms with Gasteiger partial charge in [-0.05, 0) is 59.7 Å². The lowest BCUT2D eigenvalue weighted by molar-refractivity contribution is 0.0693. The van der Waals surface area contributed by atoms with Crippen molar-refractivity contribution in [3.8, 4) is 0 Å². The Balaban J connectivity index is 1.60. The number of amides is 1. The lowest BCUT2D eigenvalue weighted by atomic mass is 9.96. The predicted octanol–water partition coefficient (Wildman–Crippen LogP) is 2.56. The molecular formula is C18H26IN3O3S. The third-order valence-electron chi connectivity index (χ3n) is 5.40. The van der Waals surface area contributed by atoms with Gasteiger partial charge in [-0.25, -0.2) is 0 Å². The molecule has 1 heterocycles. The summed E-state index contributed by atoms with van der Waals surface area (Å²) in [5.74, 6) is -0.0286. The molecule has 1 aromatic rings. The Morgan fingerprint density at radius 1 is 1.04 bits per heavy atom. The van der Waals surface area contributed by atoms with Gasteiger partial charge >= 0.3 is 0 Å². The number of piperazine rings is 1. The predicted molar refractivity (Wildman–Crippen MR) is 110 cm³/mol. The molecule has 6 nitrogen and oxygen atoms in total. The van der Waals surface area contributed by atoms with Crippen LogP contribution in [0.3, 0.4) is 0 Å². The van der Waals surface area contributed by atoms with Crippen molar-refractivity contribution in [1.29, 1.82) is 0 Å². The molecule has 1 aliphatic carbocycles. The average Bonchev–Trinajstić information content (AvgIpc) is 2.68. The maximum absolute atomic E-state index is 12.9. The summed E-state index contributed by atoms with van der Waals surface area (Å²) in [6.07, 6.45) is 5.29. The molecule has 1 aliphatic heterocycles. The van der Waals surface area contributed by atoms with Gasteiger partial charge < -0.3 is 4.90 Å². The fourth-order valence-corrected chi connectivity index (χ4v) is 5.65. The highest BCUT2D eigenvalue weighted by molar-refractivity contribution is 14.1. The van der Waals surface area contributed by atoms with Crippen molar-refractivity contribution >= 4 is 38.7 Å². The SMILES string of the molecule is CN(C1CCCCC1)S(=O)(=O)N1CCN(C(=O)c2ccc(I)cc2)CC1. The zero-order chi connectivity index (χ0) is 18.7. The molecule has 8 heteroatoms. The summed E-state index contributed by atoms with van der Waals surface area (Å²) < 4.78 is 30.0. The van der Waals surface area contributed by atoms with E-state index in [-0.39, 0.29) is 11.9 Å². The van der Waals surface area contributed by atoms with Crippen LogP contribution in [0.15, 0.2) is 24.3 Å². The van der Waals surface area contributed by atoms with Crippen molar-refractivity contribution in [2.24, 2.45) is 0 Å². The summed E-state index contributed by atoms with van der Waals surface area (Å²) in [6, 6.07) is 7.58. The third kappa shape index (κ3) is 4.40. The van der Waals surface area contributed by atoms with Crippen molar-refractivity contribution in [2.45, 2.75) is 38.1 Å². The van der Waals surface area contributed by atoms with Gasteiger partial charge in [0, 0.05) is 48.4 Å². The number of carbonyl (C=O) groups excluding carboxylic acids is 1. The molecule has 2 fully saturated rings. The van der Waals surface area contributed by atoms with Crippen LogP contribution < -0.4 is 0 Å². The van der Waals surface area contributed by atoms with Gasteiger partial charge in [-0.1, -0.05) is 19.3 Å². The third-order valence-corrected chi connectivity index (χ3v) is 8.16. The van der Waals surface area contributed by atoms with E-state index in [4.69, 9.17) is 0 Å². The maximum atomic E-state index is 12.9. The summed E-state index contributed by atoms with van der Waals surface area (Å²) in [5, 5.41) is 0. The number of rotatable bonds is 4. The second kappa shape index (κ2) is 8.53. The van der Waals surface area contributed by atoms with Crippen LogP contribution >= 0.6 is 22.6 Å². The Hall–Kier alpha value is -0.710. The van der Waals surface area contributed by atoms with Crippen molar-refractivity contribution in [1.82, 2.24) is 13.5 Å². The molecule has 0 unspecified atom stereocenters. The minimum atomic E-state index is -3.45. The first-order valence-corrected chi connectivity index (χ1v) is 11.6. The zero-order valence-electron chi connectivity index (χ0n) is 15.1. The number of hydrogen-bond acceptors (Lipinski definition) is 3. The maximum Gasteiger partial charge on any atom is 0.282 e. The summed E-state index contributed by atoms with van der Waals surface area (Å²) >= 11 is 2.21. The first-order valence-electron chi connectivity index (χ1n) is 9.17. The molecule has 26 heavy (non-hydrogen) atoms. The lowest BCUT2D eigenvalue weighted by Crippen LogP contribution is -2.55. The number of hydrogen-bond donors (Lipinski definition) is 0. The molecule has 0 N–H and O–H groups in total. The molecule has 0 radical (unpaired) electrons. The highest BCUT2D eigenvalue weighted by Gasteiger charge is 2.35. The molecule has 2 aliphatic rings. The highest BCUT2D eigenvalue weighted by atomic mass is 127. The van der Waals surface area contributed by atoms with Crippen molar-refractivity contribution in [3.63, 3.8) is 0 Å². The molecule has 3 rings (SSSR count). The minimum Gasteiger partial charge on any atom is -0.336 e. The fourth-order valence-electron chi connectivity index (χ4n) is 3.71. The van der Waals surface area contributed by atoms with E-state index in [0.29, 0.717) is 31.7 Å². The van der Waals surface area contributed by atoms with Crippen LogP contribution in [0, 0.1) is 3.57 Å². The second-order valence-corrected chi connectivity index (χ2v) is 10.2. The van der Waals surface area contributed by atoms with Crippen LogP contribution in [0.5, 0.6) is 0 Å². The molecular weight excluding hydrogens is 465 g/mol. The Kier molecular flexibility index (Phi) is 6.58. The molecule has 144 valence electrons. The summed E-state index contributed by atoms with van der Waals surface area (Å²) in [4.78, 5) is 14.3. The van der Waals surface area contributed by atoms with E-state index in [1.165, 1.54) is 10.7 Å². The van der Waals surface area contributed by atoms with Crippen LogP contribution in [-0.4, -0.2) is 67.1 Å². The standard InChI is InChI=1S/C18H26IN3O3S/c1-20(17-5-3-2-4-6-17)26(24,25)22-13-11-21(12-14-22)18(23)15-7-9-16(19)10-8-15/h7-10,17H,2-6,11-14H2,1H3. The van der Waals surface area contributed by atoms with Gasteiger partial charge in [0.2, 0.25) is 0 Å². The van der Waals surface area contributed by atoms with Crippen LogP contribution in [0.1, 0.15) is 42.5 Å². The van der Waals surface area contributed by atoms with Crippen LogP contribution in [0.2, 0.25) is 0 Å². The number of carbonyl (C=O) groups is 1. The van der Waals surface area contributed by atoms with Gasteiger partial charge in [0.25, 0.3) is 16.1 Å². The second-order valence-electron chi connectivity index (χ2n) is 7.01. The Morgan fingerprint density at radius 3 is 2.19 bits per heavy atom. The molecule has 0 atom stereocenters.